The molecule has 0 fully saturated rings. The van der Waals surface area contributed by atoms with Crippen LogP contribution in [0.3, 0.4) is 0 Å². The lowest BCUT2D eigenvalue weighted by Crippen LogP contribution is -2.41. The Labute approximate surface area is 267 Å². The van der Waals surface area contributed by atoms with Gasteiger partial charge in [-0.2, -0.15) is 0 Å². The van der Waals surface area contributed by atoms with Crippen molar-refractivity contribution in [1.82, 2.24) is 0 Å². The maximum absolute atomic E-state index is 14.2. The van der Waals surface area contributed by atoms with Gasteiger partial charge in [0.2, 0.25) is 0 Å². The van der Waals surface area contributed by atoms with Gasteiger partial charge in [-0.1, -0.05) is 63.8 Å². The second-order valence-corrected chi connectivity index (χ2v) is 14.5. The first-order valence-electron chi connectivity index (χ1n) is 15.5. The molecule has 0 unspecified atom stereocenters. The Bertz CT molecular complexity index is 1530. The fourth-order valence-electron chi connectivity index (χ4n) is 6.72. The van der Waals surface area contributed by atoms with Gasteiger partial charge in [-0.15, -0.1) is 11.6 Å². The summed E-state index contributed by atoms with van der Waals surface area (Å²) >= 11 is 5.96. The number of halogens is 1. The Morgan fingerprint density at radius 1 is 0.955 bits per heavy atom. The van der Waals surface area contributed by atoms with E-state index in [2.05, 4.69) is 24.5 Å². The number of fused-ring (bicyclic) bond motifs is 1. The highest BCUT2D eigenvalue weighted by atomic mass is 35.5. The molecular weight excluding hydrogens is 594 g/mol. The van der Waals surface area contributed by atoms with E-state index in [1.54, 1.807) is 12.1 Å². The van der Waals surface area contributed by atoms with Crippen LogP contribution in [0.2, 0.25) is 0 Å². The van der Waals surface area contributed by atoms with Gasteiger partial charge in [0.05, 0.1) is 10.6 Å². The van der Waals surface area contributed by atoms with E-state index in [0.29, 0.717) is 27.7 Å². The number of alkyl halides is 1. The van der Waals surface area contributed by atoms with Gasteiger partial charge >= 0.3 is 6.03 Å². The van der Waals surface area contributed by atoms with Crippen molar-refractivity contribution in [2.45, 2.75) is 69.1 Å². The number of carbonyl (C=O) groups is 1. The van der Waals surface area contributed by atoms with Gasteiger partial charge in [0, 0.05) is 49.6 Å². The molecule has 4 rings (SSSR count). The van der Waals surface area contributed by atoms with Crippen molar-refractivity contribution < 1.29 is 18.3 Å². The lowest BCUT2D eigenvalue weighted by Gasteiger charge is -2.43. The number of anilines is 3. The minimum atomic E-state index is -3.66. The number of hydrogen-bond donors (Lipinski definition) is 3. The number of sulfone groups is 1. The highest BCUT2D eigenvalue weighted by Gasteiger charge is 2.49. The molecule has 0 spiro atoms. The molecule has 238 valence electrons. The number of aliphatic hydroxyl groups excluding tert-OH is 1. The summed E-state index contributed by atoms with van der Waals surface area (Å²) in [6.45, 7) is 4.09. The van der Waals surface area contributed by atoms with Crippen LogP contribution < -0.4 is 15.5 Å². The summed E-state index contributed by atoms with van der Waals surface area (Å²) in [5.41, 5.74) is 3.96. The predicted octanol–water partition coefficient (Wildman–Crippen LogP) is 8.03. The first-order valence-corrected chi connectivity index (χ1v) is 17.7. The predicted molar refractivity (Wildman–Crippen MR) is 182 cm³/mol. The molecule has 2 atom stereocenters. The zero-order valence-electron chi connectivity index (χ0n) is 26.3. The molecule has 9 heteroatoms. The largest absolute Gasteiger partial charge is 0.396 e. The van der Waals surface area contributed by atoms with E-state index in [0.717, 1.165) is 55.3 Å². The van der Waals surface area contributed by atoms with Crippen molar-refractivity contribution in [3.63, 3.8) is 0 Å². The SMILES string of the molecule is CCCCC1(CCCC)CS(=O)(=O)c2ccc(N(C)C)cc2[C@@H](c2cccc(NC(=O)Nc3cccc(CCl)c3)c2)[C@H]1CO. The number of aliphatic hydroxyl groups is 1. The number of carbonyl (C=O) groups excluding carboxylic acids is 1. The second kappa shape index (κ2) is 14.8. The van der Waals surface area contributed by atoms with Crippen molar-refractivity contribution >= 4 is 44.5 Å². The molecule has 1 aliphatic rings. The third kappa shape index (κ3) is 7.59. The Morgan fingerprint density at radius 2 is 1.59 bits per heavy atom. The van der Waals surface area contributed by atoms with Crippen LogP contribution in [0.4, 0.5) is 21.9 Å². The minimum absolute atomic E-state index is 0.0117. The van der Waals surface area contributed by atoms with Gasteiger partial charge in [0.15, 0.2) is 9.84 Å². The summed E-state index contributed by atoms with van der Waals surface area (Å²) in [7, 11) is 0.208. The standard InChI is InChI=1S/C35H46ClN3O4S/c1-5-7-17-35(18-8-6-2)24-44(42,43)32-16-15-29(39(3)4)21-30(32)33(31(35)23-40)26-12-10-14-28(20-26)38-34(41)37-27-13-9-11-25(19-27)22-36/h9-16,19-21,31,33,40H,5-8,17-18,22-24H2,1-4H3,(H2,37,38,41)/t31-,33-/m1/s1. The number of unbranched alkanes of at least 4 members (excludes halogenated alkanes) is 2. The monoisotopic (exact) mass is 639 g/mol. The molecule has 0 saturated carbocycles. The van der Waals surface area contributed by atoms with Gasteiger partial charge in [-0.3, -0.25) is 0 Å². The Morgan fingerprint density at radius 3 is 2.18 bits per heavy atom. The summed E-state index contributed by atoms with van der Waals surface area (Å²) in [6, 6.07) is 20.1. The number of benzene rings is 3. The zero-order valence-corrected chi connectivity index (χ0v) is 27.8. The fourth-order valence-corrected chi connectivity index (χ4v) is 9.12. The normalized spacial score (nSPS) is 18.6. The van der Waals surface area contributed by atoms with E-state index >= 15 is 0 Å². The maximum Gasteiger partial charge on any atom is 0.323 e. The Kier molecular flexibility index (Phi) is 11.4. The topological polar surface area (TPSA) is 98.7 Å². The average molecular weight is 640 g/mol. The van der Waals surface area contributed by atoms with Crippen molar-refractivity contribution in [3.8, 4) is 0 Å². The molecule has 0 bridgehead atoms. The van der Waals surface area contributed by atoms with Gasteiger partial charge in [-0.05, 0) is 83.3 Å². The van der Waals surface area contributed by atoms with Gasteiger partial charge in [0.1, 0.15) is 0 Å². The molecule has 44 heavy (non-hydrogen) atoms. The third-order valence-electron chi connectivity index (χ3n) is 8.94. The Hall–Kier alpha value is -3.07. The van der Waals surface area contributed by atoms with E-state index in [-0.39, 0.29) is 18.3 Å². The minimum Gasteiger partial charge on any atom is -0.396 e. The quantitative estimate of drug-likeness (QED) is 0.174. The molecule has 3 aromatic carbocycles. The molecule has 3 aromatic rings. The van der Waals surface area contributed by atoms with Gasteiger partial charge in [-0.25, -0.2) is 13.2 Å². The third-order valence-corrected chi connectivity index (χ3v) is 11.2. The number of nitrogens with zero attached hydrogens (tertiary/aromatic N) is 1. The first-order chi connectivity index (χ1) is 21.1. The van der Waals surface area contributed by atoms with E-state index < -0.39 is 27.2 Å². The zero-order chi connectivity index (χ0) is 31.9. The van der Waals surface area contributed by atoms with Crippen LogP contribution in [-0.4, -0.2) is 46.0 Å². The first kappa shape index (κ1) is 33.8. The van der Waals surface area contributed by atoms with Gasteiger partial charge in [0.25, 0.3) is 0 Å². The molecule has 2 amide bonds. The van der Waals surface area contributed by atoms with Crippen LogP contribution in [0.25, 0.3) is 0 Å². The van der Waals surface area contributed by atoms with Crippen molar-refractivity contribution in [3.05, 3.63) is 83.4 Å². The van der Waals surface area contributed by atoms with Crippen molar-refractivity contribution in [2.24, 2.45) is 11.3 Å². The number of hydrogen-bond acceptors (Lipinski definition) is 5. The maximum atomic E-state index is 14.2. The fraction of sp³-hybridized carbons (Fsp3) is 0.457. The highest BCUT2D eigenvalue weighted by molar-refractivity contribution is 7.91. The van der Waals surface area contributed by atoms with E-state index in [9.17, 15) is 18.3 Å². The highest BCUT2D eigenvalue weighted by Crippen LogP contribution is 2.53. The molecule has 0 saturated heterocycles. The van der Waals surface area contributed by atoms with Crippen molar-refractivity contribution in [1.29, 1.82) is 0 Å². The lowest BCUT2D eigenvalue weighted by atomic mass is 9.62. The molecule has 1 aliphatic heterocycles. The number of amides is 2. The number of nitrogens with one attached hydrogen (secondary N) is 2. The smallest absolute Gasteiger partial charge is 0.323 e. The molecule has 1 heterocycles. The van der Waals surface area contributed by atoms with E-state index in [1.807, 2.05) is 73.6 Å². The molecule has 0 aromatic heterocycles. The Balaban J connectivity index is 1.83. The molecule has 0 aliphatic carbocycles. The summed E-state index contributed by atoms with van der Waals surface area (Å²) < 4.78 is 28.4. The van der Waals surface area contributed by atoms with E-state index in [1.165, 1.54) is 0 Å². The summed E-state index contributed by atoms with van der Waals surface area (Å²) in [4.78, 5) is 15.3. The van der Waals surface area contributed by atoms with Crippen LogP contribution in [0.15, 0.2) is 71.6 Å². The summed E-state index contributed by atoms with van der Waals surface area (Å²) in [5.74, 6) is -0.378. The number of rotatable bonds is 12. The summed E-state index contributed by atoms with van der Waals surface area (Å²) in [5, 5.41) is 17.0. The molecular formula is C35H46ClN3O4S. The van der Waals surface area contributed by atoms with Crippen molar-refractivity contribution in [2.75, 3.05) is 42.0 Å². The van der Waals surface area contributed by atoms with Crippen LogP contribution >= 0.6 is 11.6 Å². The summed E-state index contributed by atoms with van der Waals surface area (Å²) in [6.07, 6.45) is 5.10. The average Bonchev–Trinajstić information content (AvgIpc) is 3.08. The van der Waals surface area contributed by atoms with Crippen LogP contribution in [0.5, 0.6) is 0 Å². The van der Waals surface area contributed by atoms with Crippen LogP contribution in [-0.2, 0) is 15.7 Å². The van der Waals surface area contributed by atoms with Crippen LogP contribution in [0.1, 0.15) is 75.0 Å². The van der Waals surface area contributed by atoms with Crippen LogP contribution in [0, 0.1) is 11.3 Å². The molecule has 3 N–H and O–H groups in total. The number of urea groups is 1. The second-order valence-electron chi connectivity index (χ2n) is 12.3. The molecule has 7 nitrogen and oxygen atoms in total. The van der Waals surface area contributed by atoms with E-state index in [4.69, 9.17) is 11.6 Å². The van der Waals surface area contributed by atoms with Gasteiger partial charge < -0.3 is 20.6 Å². The lowest BCUT2D eigenvalue weighted by molar-refractivity contribution is 0.0721. The molecule has 0 radical (unpaired) electrons.